The van der Waals surface area contributed by atoms with Gasteiger partial charge in [-0.1, -0.05) is 33.2 Å². The van der Waals surface area contributed by atoms with Crippen LogP contribution >= 0.6 is 31.4 Å². The summed E-state index contributed by atoms with van der Waals surface area (Å²) < 4.78 is 0. The summed E-state index contributed by atoms with van der Waals surface area (Å²) in [5.74, 6) is 1.13. The van der Waals surface area contributed by atoms with E-state index in [1.165, 1.54) is 5.57 Å². The Balaban J connectivity index is 3.00. The first-order valence-electron chi connectivity index (χ1n) is 2.73. The molecule has 0 heterocycles. The van der Waals surface area contributed by atoms with E-state index in [4.69, 9.17) is 0 Å². The van der Waals surface area contributed by atoms with Crippen LogP contribution in [0.1, 0.15) is 13.8 Å². The van der Waals surface area contributed by atoms with Crippen LogP contribution in [0.4, 0.5) is 0 Å². The van der Waals surface area contributed by atoms with Crippen molar-refractivity contribution in [2.24, 2.45) is 0 Å². The molecule has 0 fully saturated rings. The van der Waals surface area contributed by atoms with E-state index in [0.717, 1.165) is 5.75 Å². The Morgan fingerprint density at radius 2 is 2.11 bits per heavy atom. The lowest BCUT2D eigenvalue weighted by Gasteiger charge is -1.91. The molecule has 0 unspecified atom stereocenters. The number of allylic oxidation sites excluding steroid dienone is 1. The zero-order chi connectivity index (χ0) is 7.11. The van der Waals surface area contributed by atoms with Crippen molar-refractivity contribution in [2.45, 2.75) is 13.8 Å². The fourth-order valence-corrected chi connectivity index (χ4v) is 2.86. The van der Waals surface area contributed by atoms with E-state index >= 15 is 0 Å². The zero-order valence-electron chi connectivity index (χ0n) is 6.01. The molecule has 0 aromatic heterocycles. The van der Waals surface area contributed by atoms with Crippen LogP contribution in [-0.4, -0.2) is 12.0 Å². The molecular formula is C6H12S3. The lowest BCUT2D eigenvalue weighted by atomic mass is 10.3. The Morgan fingerprint density at radius 3 is 2.56 bits per heavy atom. The number of rotatable bonds is 4. The lowest BCUT2D eigenvalue weighted by Crippen LogP contribution is -1.67. The molecule has 0 atom stereocenters. The van der Waals surface area contributed by atoms with Gasteiger partial charge in [0.05, 0.1) is 0 Å². The maximum atomic E-state index is 2.24. The predicted octanol–water partition coefficient (Wildman–Crippen LogP) is 3.61. The largest absolute Gasteiger partial charge is 0.0860 e. The maximum absolute atomic E-state index is 2.24. The van der Waals surface area contributed by atoms with Crippen molar-refractivity contribution in [3.63, 3.8) is 0 Å². The topological polar surface area (TPSA) is 0 Å². The molecule has 0 spiro atoms. The fraction of sp³-hybridized carbons (Fsp3) is 0.667. The van der Waals surface area contributed by atoms with Crippen molar-refractivity contribution in [1.29, 1.82) is 0 Å². The van der Waals surface area contributed by atoms with Crippen LogP contribution in [0, 0.1) is 0 Å². The Bertz CT molecular complexity index is 84.3. The van der Waals surface area contributed by atoms with Crippen LogP contribution in [0.3, 0.4) is 0 Å². The molecule has 9 heavy (non-hydrogen) atoms. The van der Waals surface area contributed by atoms with Gasteiger partial charge < -0.3 is 0 Å². The molecule has 0 aromatic carbocycles. The molecule has 54 valence electrons. The summed E-state index contributed by atoms with van der Waals surface area (Å²) in [6, 6.07) is 0. The standard InChI is InChI=1S/C6H12S3/c1-6(2)4-5-8-9-7-3/h4H,5H2,1-3H3. The summed E-state index contributed by atoms with van der Waals surface area (Å²) in [6.07, 6.45) is 4.34. The van der Waals surface area contributed by atoms with Crippen LogP contribution in [0.25, 0.3) is 0 Å². The van der Waals surface area contributed by atoms with Crippen molar-refractivity contribution >= 4 is 31.4 Å². The molecule has 0 saturated carbocycles. The second kappa shape index (κ2) is 6.90. The van der Waals surface area contributed by atoms with Crippen LogP contribution in [0.5, 0.6) is 0 Å². The Morgan fingerprint density at radius 1 is 1.44 bits per heavy atom. The highest BCUT2D eigenvalue weighted by Gasteiger charge is 1.82. The molecule has 0 radical (unpaired) electrons. The molecule has 0 saturated heterocycles. The van der Waals surface area contributed by atoms with Crippen molar-refractivity contribution in [3.8, 4) is 0 Å². The fourth-order valence-electron chi connectivity index (χ4n) is 0.277. The highest BCUT2D eigenvalue weighted by atomic mass is 33.5. The molecule has 0 rings (SSSR count). The van der Waals surface area contributed by atoms with Crippen molar-refractivity contribution in [1.82, 2.24) is 0 Å². The molecule has 0 nitrogen and oxygen atoms in total. The van der Waals surface area contributed by atoms with E-state index in [9.17, 15) is 0 Å². The number of hydrogen-bond acceptors (Lipinski definition) is 3. The van der Waals surface area contributed by atoms with Crippen molar-refractivity contribution < 1.29 is 0 Å². The third-order valence-electron chi connectivity index (χ3n) is 0.676. The second-order valence-corrected chi connectivity index (χ2v) is 6.18. The Hall–Kier alpha value is 0.790. The first-order valence-corrected chi connectivity index (χ1v) is 6.79. The van der Waals surface area contributed by atoms with E-state index in [0.29, 0.717) is 0 Å². The minimum absolute atomic E-state index is 1.13. The second-order valence-electron chi connectivity index (χ2n) is 1.80. The highest BCUT2D eigenvalue weighted by Crippen LogP contribution is 2.31. The normalized spacial score (nSPS) is 9.22. The van der Waals surface area contributed by atoms with Gasteiger partial charge >= 0.3 is 0 Å². The van der Waals surface area contributed by atoms with Gasteiger partial charge in [-0.25, -0.2) is 0 Å². The molecule has 0 bridgehead atoms. The summed E-state index contributed by atoms with van der Waals surface area (Å²) in [5, 5.41) is 0. The monoisotopic (exact) mass is 180 g/mol. The average molecular weight is 180 g/mol. The van der Waals surface area contributed by atoms with Gasteiger partial charge in [-0.05, 0) is 29.9 Å². The average Bonchev–Trinajstić information content (AvgIpc) is 1.80. The Labute approximate surface area is 69.0 Å². The van der Waals surface area contributed by atoms with Crippen molar-refractivity contribution in [3.05, 3.63) is 11.6 Å². The van der Waals surface area contributed by atoms with Crippen LogP contribution in [0.15, 0.2) is 11.6 Å². The smallest absolute Gasteiger partial charge is 0.0228 e. The summed E-state index contributed by atoms with van der Waals surface area (Å²) in [5.41, 5.74) is 1.41. The highest BCUT2D eigenvalue weighted by molar-refractivity contribution is 9.09. The molecular weight excluding hydrogens is 168 g/mol. The minimum Gasteiger partial charge on any atom is -0.0860 e. The van der Waals surface area contributed by atoms with Crippen LogP contribution in [-0.2, 0) is 0 Å². The third kappa shape index (κ3) is 8.79. The lowest BCUT2D eigenvalue weighted by molar-refractivity contribution is 1.37. The van der Waals surface area contributed by atoms with Gasteiger partial charge in [-0.15, -0.1) is 0 Å². The van der Waals surface area contributed by atoms with Gasteiger partial charge in [0.2, 0.25) is 0 Å². The molecule has 0 amide bonds. The summed E-state index contributed by atoms with van der Waals surface area (Å²) in [4.78, 5) is 0. The molecule has 0 aliphatic rings. The van der Waals surface area contributed by atoms with Gasteiger partial charge in [0, 0.05) is 5.75 Å². The predicted molar refractivity (Wildman–Crippen MR) is 53.0 cm³/mol. The summed E-state index contributed by atoms with van der Waals surface area (Å²) in [7, 11) is 5.53. The van der Waals surface area contributed by atoms with Gasteiger partial charge in [0.25, 0.3) is 0 Å². The van der Waals surface area contributed by atoms with E-state index in [1.54, 1.807) is 10.8 Å². The van der Waals surface area contributed by atoms with Gasteiger partial charge in [0.1, 0.15) is 0 Å². The summed E-state index contributed by atoms with van der Waals surface area (Å²) in [6.45, 7) is 4.26. The third-order valence-corrected chi connectivity index (χ3v) is 4.41. The molecule has 0 aliphatic heterocycles. The number of hydrogen-bond donors (Lipinski definition) is 0. The summed E-state index contributed by atoms with van der Waals surface area (Å²) >= 11 is 0. The quantitative estimate of drug-likeness (QED) is 0.368. The van der Waals surface area contributed by atoms with Crippen LogP contribution < -0.4 is 0 Å². The molecule has 0 aromatic rings. The minimum atomic E-state index is 1.13. The van der Waals surface area contributed by atoms with Crippen LogP contribution in [0.2, 0.25) is 0 Å². The molecule has 0 N–H and O–H groups in total. The van der Waals surface area contributed by atoms with Gasteiger partial charge in [-0.2, -0.15) is 0 Å². The van der Waals surface area contributed by atoms with E-state index < -0.39 is 0 Å². The van der Waals surface area contributed by atoms with E-state index in [-0.39, 0.29) is 0 Å². The van der Waals surface area contributed by atoms with Gasteiger partial charge in [0.15, 0.2) is 0 Å². The van der Waals surface area contributed by atoms with Gasteiger partial charge in [-0.3, -0.25) is 0 Å². The first-order chi connectivity index (χ1) is 4.27. The molecule has 3 heteroatoms. The van der Waals surface area contributed by atoms with E-state index in [2.05, 4.69) is 26.2 Å². The van der Waals surface area contributed by atoms with Crippen molar-refractivity contribution in [2.75, 3.05) is 12.0 Å². The molecule has 0 aliphatic carbocycles. The first kappa shape index (κ1) is 9.79. The SMILES string of the molecule is CSSSCC=C(C)C. The zero-order valence-corrected chi connectivity index (χ0v) is 8.46. The Kier molecular flexibility index (Phi) is 7.51. The maximum Gasteiger partial charge on any atom is 0.0228 e. The van der Waals surface area contributed by atoms with E-state index in [1.807, 2.05) is 20.6 Å².